The number of hydrogen-bond acceptors (Lipinski definition) is 7. The smallest absolute Gasteiger partial charge is 0.206 e. The Balaban J connectivity index is 1.85. The number of phenolic OH excluding ortho intramolecular Hbond substituents is 1. The zero-order chi connectivity index (χ0) is 33.6. The Hall–Kier alpha value is -3.71. The minimum Gasteiger partial charge on any atom is -0.507 e. The standard InChI is InChI=1S/C38H46O7/c1-19(2)13-22-11-12-27(45-10)24(14-22)23-15-26(35(5,6)7)31(40)29-25(23)17-36(8)18-37(9)16-20(3)28(21(4)39)33(42)38(37,44)34(43)30(36)32(29)41/h11-12,14-15,19,40-41,44H,13,16-18H2,1-10H3/t36-,37+,38+/m1/s1. The fourth-order valence-electron chi connectivity index (χ4n) is 8.47. The molecular formula is C38H46O7. The predicted octanol–water partition coefficient (Wildman–Crippen LogP) is 6.98. The molecule has 7 nitrogen and oxygen atoms in total. The van der Waals surface area contributed by atoms with Crippen LogP contribution in [0.25, 0.3) is 16.9 Å². The lowest BCUT2D eigenvalue weighted by molar-refractivity contribution is -0.171. The van der Waals surface area contributed by atoms with Crippen LogP contribution in [-0.2, 0) is 32.6 Å². The van der Waals surface area contributed by atoms with E-state index < -0.39 is 45.0 Å². The number of benzene rings is 2. The number of carbonyl (C=O) groups excluding carboxylic acids is 3. The van der Waals surface area contributed by atoms with E-state index in [9.17, 15) is 29.7 Å². The number of aromatic hydroxyl groups is 1. The van der Waals surface area contributed by atoms with Crippen LogP contribution in [0.15, 0.2) is 41.0 Å². The van der Waals surface area contributed by atoms with E-state index >= 15 is 0 Å². The molecule has 0 radical (unpaired) electrons. The Bertz CT molecular complexity index is 1730. The molecule has 0 aromatic heterocycles. The number of methoxy groups -OCH3 is 1. The topological polar surface area (TPSA) is 121 Å². The number of ketones is 3. The summed E-state index contributed by atoms with van der Waals surface area (Å²) in [7, 11) is 1.61. The first-order valence-electron chi connectivity index (χ1n) is 15.7. The van der Waals surface area contributed by atoms with Gasteiger partial charge in [-0.05, 0) is 85.8 Å². The number of carbonyl (C=O) groups is 3. The van der Waals surface area contributed by atoms with Crippen molar-refractivity contribution in [1.82, 2.24) is 0 Å². The van der Waals surface area contributed by atoms with Gasteiger partial charge in [-0.1, -0.05) is 60.1 Å². The van der Waals surface area contributed by atoms with Crippen LogP contribution in [0.2, 0.25) is 0 Å². The number of aliphatic hydroxyl groups excluding tert-OH is 1. The first kappa shape index (κ1) is 32.7. The summed E-state index contributed by atoms with van der Waals surface area (Å²) in [5.41, 5.74) is -0.879. The normalized spacial score (nSPS) is 26.6. The Morgan fingerprint density at radius 1 is 1.02 bits per heavy atom. The van der Waals surface area contributed by atoms with Crippen molar-refractivity contribution < 1.29 is 34.4 Å². The molecule has 2 aromatic carbocycles. The molecule has 1 saturated carbocycles. The average Bonchev–Trinajstić information content (AvgIpc) is 2.89. The van der Waals surface area contributed by atoms with Gasteiger partial charge >= 0.3 is 0 Å². The maximum atomic E-state index is 14.5. The Morgan fingerprint density at radius 3 is 2.22 bits per heavy atom. The van der Waals surface area contributed by atoms with Gasteiger partial charge in [0.1, 0.15) is 17.3 Å². The molecule has 5 rings (SSSR count). The SMILES string of the molecule is COc1ccc(CC(C)C)cc1-c1cc(C(C)(C)C)c(O)c2c1C[C@]1(C)C[C@]3(C)CC(C)=C(C(C)=O)C(=O)[C@]3(O)C(=O)C1=C2O. The third kappa shape index (κ3) is 4.68. The van der Waals surface area contributed by atoms with Gasteiger partial charge < -0.3 is 20.1 Å². The van der Waals surface area contributed by atoms with Crippen molar-refractivity contribution in [2.24, 2.45) is 16.7 Å². The van der Waals surface area contributed by atoms with Crippen LogP contribution >= 0.6 is 0 Å². The molecule has 45 heavy (non-hydrogen) atoms. The van der Waals surface area contributed by atoms with Crippen LogP contribution in [0.3, 0.4) is 0 Å². The number of hydrogen-bond donors (Lipinski definition) is 3. The van der Waals surface area contributed by atoms with E-state index in [2.05, 4.69) is 19.9 Å². The summed E-state index contributed by atoms with van der Waals surface area (Å²) in [6.07, 6.45) is 1.49. The van der Waals surface area contributed by atoms with Crippen molar-refractivity contribution >= 4 is 23.1 Å². The first-order chi connectivity index (χ1) is 20.7. The van der Waals surface area contributed by atoms with E-state index in [1.54, 1.807) is 21.0 Å². The molecule has 0 unspecified atom stereocenters. The van der Waals surface area contributed by atoms with Gasteiger partial charge in [0, 0.05) is 27.5 Å². The molecule has 0 spiro atoms. The molecule has 1 fully saturated rings. The Morgan fingerprint density at radius 2 is 1.67 bits per heavy atom. The minimum absolute atomic E-state index is 0.0846. The molecule has 3 N–H and O–H groups in total. The molecule has 3 aliphatic rings. The lowest BCUT2D eigenvalue weighted by Gasteiger charge is -2.56. The fraction of sp³-hybridized carbons (Fsp3) is 0.500. The molecule has 3 aliphatic carbocycles. The lowest BCUT2D eigenvalue weighted by atomic mass is 9.46. The van der Waals surface area contributed by atoms with Crippen molar-refractivity contribution in [3.05, 3.63) is 63.2 Å². The summed E-state index contributed by atoms with van der Waals surface area (Å²) >= 11 is 0. The van der Waals surface area contributed by atoms with Crippen molar-refractivity contribution in [3.8, 4) is 22.6 Å². The van der Waals surface area contributed by atoms with Crippen molar-refractivity contribution in [3.63, 3.8) is 0 Å². The van der Waals surface area contributed by atoms with Gasteiger partial charge in [0.15, 0.2) is 11.4 Å². The van der Waals surface area contributed by atoms with Crippen molar-refractivity contribution in [2.75, 3.05) is 7.11 Å². The highest BCUT2D eigenvalue weighted by atomic mass is 16.5. The maximum Gasteiger partial charge on any atom is 0.206 e. The van der Waals surface area contributed by atoms with Crippen LogP contribution in [-0.4, -0.2) is 45.4 Å². The first-order valence-corrected chi connectivity index (χ1v) is 15.7. The number of rotatable bonds is 5. The van der Waals surface area contributed by atoms with Crippen LogP contribution < -0.4 is 4.74 Å². The van der Waals surface area contributed by atoms with Gasteiger partial charge in [-0.2, -0.15) is 0 Å². The van der Waals surface area contributed by atoms with Crippen LogP contribution in [0.5, 0.6) is 11.5 Å². The van der Waals surface area contributed by atoms with E-state index in [4.69, 9.17) is 4.74 Å². The van der Waals surface area contributed by atoms with Gasteiger partial charge in [-0.25, -0.2) is 0 Å². The molecule has 0 saturated heterocycles. The zero-order valence-corrected chi connectivity index (χ0v) is 28.2. The second kappa shape index (κ2) is 10.4. The number of fused-ring (bicyclic) bond motifs is 3. The van der Waals surface area contributed by atoms with Crippen molar-refractivity contribution in [1.29, 1.82) is 0 Å². The molecule has 0 bridgehead atoms. The molecule has 0 aliphatic heterocycles. The van der Waals surface area contributed by atoms with E-state index in [-0.39, 0.29) is 41.7 Å². The number of allylic oxidation sites excluding steroid dienone is 1. The molecule has 240 valence electrons. The van der Waals surface area contributed by atoms with Gasteiger partial charge in [0.05, 0.1) is 18.2 Å². The van der Waals surface area contributed by atoms with E-state index in [0.29, 0.717) is 28.4 Å². The highest BCUT2D eigenvalue weighted by molar-refractivity contribution is 6.33. The second-order valence-electron chi connectivity index (χ2n) is 15.5. The summed E-state index contributed by atoms with van der Waals surface area (Å²) in [5, 5.41) is 36.0. The molecule has 3 atom stereocenters. The molecule has 2 aromatic rings. The molecule has 7 heteroatoms. The Kier molecular flexibility index (Phi) is 7.56. The highest BCUT2D eigenvalue weighted by Gasteiger charge is 2.69. The quantitative estimate of drug-likeness (QED) is 0.245. The summed E-state index contributed by atoms with van der Waals surface area (Å²) in [5.74, 6) is -1.85. The minimum atomic E-state index is -2.53. The van der Waals surface area contributed by atoms with E-state index in [1.165, 1.54) is 6.92 Å². The monoisotopic (exact) mass is 614 g/mol. The van der Waals surface area contributed by atoms with Crippen LogP contribution in [0.1, 0.15) is 97.4 Å². The predicted molar refractivity (Wildman–Crippen MR) is 174 cm³/mol. The fourth-order valence-corrected chi connectivity index (χ4v) is 8.47. The Labute approximate surface area is 266 Å². The summed E-state index contributed by atoms with van der Waals surface area (Å²) in [6.45, 7) is 16.7. The number of phenols is 1. The zero-order valence-electron chi connectivity index (χ0n) is 28.2. The summed E-state index contributed by atoms with van der Waals surface area (Å²) < 4.78 is 5.84. The van der Waals surface area contributed by atoms with E-state index in [0.717, 1.165) is 23.1 Å². The maximum absolute atomic E-state index is 14.5. The summed E-state index contributed by atoms with van der Waals surface area (Å²) in [6, 6.07) is 8.05. The highest BCUT2D eigenvalue weighted by Crippen LogP contribution is 2.63. The molecule has 0 heterocycles. The van der Waals surface area contributed by atoms with Gasteiger partial charge in [-0.15, -0.1) is 0 Å². The van der Waals surface area contributed by atoms with Gasteiger partial charge in [0.25, 0.3) is 0 Å². The van der Waals surface area contributed by atoms with E-state index in [1.807, 2.05) is 45.9 Å². The average molecular weight is 615 g/mol. The van der Waals surface area contributed by atoms with Crippen molar-refractivity contribution in [2.45, 2.75) is 99.0 Å². The third-order valence-corrected chi connectivity index (χ3v) is 10.3. The molecule has 0 amide bonds. The largest absolute Gasteiger partial charge is 0.507 e. The number of Topliss-reactive ketones (excluding diaryl/α,β-unsaturated/α-hetero) is 3. The van der Waals surface area contributed by atoms with Crippen LogP contribution in [0, 0.1) is 16.7 Å². The lowest BCUT2D eigenvalue weighted by Crippen LogP contribution is -2.67. The third-order valence-electron chi connectivity index (χ3n) is 10.3. The number of aliphatic hydroxyl groups is 2. The second-order valence-corrected chi connectivity index (χ2v) is 15.5. The van der Waals surface area contributed by atoms with Crippen LogP contribution in [0.4, 0.5) is 0 Å². The summed E-state index contributed by atoms with van der Waals surface area (Å²) in [4.78, 5) is 40.8. The number of ether oxygens (including phenoxy) is 1. The van der Waals surface area contributed by atoms with Gasteiger partial charge in [-0.3, -0.25) is 14.4 Å². The molecular weight excluding hydrogens is 568 g/mol. The van der Waals surface area contributed by atoms with Gasteiger partial charge in [0.2, 0.25) is 11.6 Å².